The van der Waals surface area contributed by atoms with E-state index in [1.807, 2.05) is 27.2 Å². The molecule has 0 aliphatic carbocycles. The van der Waals surface area contributed by atoms with Crippen LogP contribution in [0.1, 0.15) is 168 Å². The lowest BCUT2D eigenvalue weighted by Gasteiger charge is -2.29. The third-order valence-electron chi connectivity index (χ3n) is 9.01. The normalized spacial score (nSPS) is 15.0. The molecule has 9 heteroatoms. The molecule has 0 aliphatic rings. The Hall–Kier alpha value is -1.54. The molecule has 0 saturated heterocycles. The Bertz CT molecular complexity index is 991. The SMILES string of the molecule is CCCCC/C=C\C/C=C\CCCCCCCCCCCC(=O)NC(COP(=O)([O-])OCC[N+](C)(C)C)C(O)/C=C/CC/C=C/CCCCCCC. The highest BCUT2D eigenvalue weighted by molar-refractivity contribution is 7.45. The van der Waals surface area contributed by atoms with Crippen molar-refractivity contribution < 1.29 is 32.9 Å². The molecule has 0 saturated carbocycles. The molecule has 0 aromatic heterocycles. The van der Waals surface area contributed by atoms with E-state index in [9.17, 15) is 19.4 Å². The Morgan fingerprint density at radius 2 is 1.13 bits per heavy atom. The number of amides is 1. The number of allylic oxidation sites excluding steroid dienone is 7. The van der Waals surface area contributed by atoms with Gasteiger partial charge in [0.1, 0.15) is 13.2 Å². The number of carbonyl (C=O) groups excluding carboxylic acids is 1. The van der Waals surface area contributed by atoms with Crippen molar-refractivity contribution in [1.82, 2.24) is 5.32 Å². The number of aliphatic hydroxyl groups excluding tert-OH is 1. The first-order valence-electron chi connectivity index (χ1n) is 21.0. The van der Waals surface area contributed by atoms with Crippen molar-refractivity contribution in [2.45, 2.75) is 180 Å². The van der Waals surface area contributed by atoms with E-state index in [0.29, 0.717) is 17.4 Å². The molecule has 0 heterocycles. The minimum Gasteiger partial charge on any atom is -0.756 e. The van der Waals surface area contributed by atoms with Crippen LogP contribution in [0, 0.1) is 0 Å². The van der Waals surface area contributed by atoms with E-state index in [2.05, 4.69) is 55.6 Å². The summed E-state index contributed by atoms with van der Waals surface area (Å²) in [6.07, 6.45) is 43.0. The molecule has 0 fully saturated rings. The summed E-state index contributed by atoms with van der Waals surface area (Å²) in [6.45, 7) is 4.55. The fourth-order valence-electron chi connectivity index (χ4n) is 5.61. The lowest BCUT2D eigenvalue weighted by molar-refractivity contribution is -0.870. The van der Waals surface area contributed by atoms with Gasteiger partial charge in [-0.15, -0.1) is 0 Å². The van der Waals surface area contributed by atoms with E-state index >= 15 is 0 Å². The quantitative estimate of drug-likeness (QED) is 0.0283. The minimum absolute atomic E-state index is 0.00874. The number of hydrogen-bond acceptors (Lipinski definition) is 6. The molecule has 0 spiro atoms. The highest BCUT2D eigenvalue weighted by Crippen LogP contribution is 2.38. The van der Waals surface area contributed by atoms with Crippen LogP contribution in [0.3, 0.4) is 0 Å². The van der Waals surface area contributed by atoms with Crippen molar-refractivity contribution in [2.75, 3.05) is 40.9 Å². The summed E-state index contributed by atoms with van der Waals surface area (Å²) in [7, 11) is 1.23. The first-order valence-corrected chi connectivity index (χ1v) is 22.5. The number of phosphoric ester groups is 1. The van der Waals surface area contributed by atoms with Gasteiger partial charge in [-0.2, -0.15) is 0 Å². The number of carbonyl (C=O) groups is 1. The van der Waals surface area contributed by atoms with Gasteiger partial charge in [0, 0.05) is 6.42 Å². The van der Waals surface area contributed by atoms with Gasteiger partial charge in [-0.3, -0.25) is 9.36 Å². The Balaban J connectivity index is 4.43. The number of phosphoric acid groups is 1. The van der Waals surface area contributed by atoms with Crippen LogP contribution in [-0.4, -0.2) is 68.5 Å². The molecular formula is C43H81N2O6P. The summed E-state index contributed by atoms with van der Waals surface area (Å²) >= 11 is 0. The number of rotatable bonds is 37. The van der Waals surface area contributed by atoms with Gasteiger partial charge in [-0.25, -0.2) is 0 Å². The maximum Gasteiger partial charge on any atom is 0.268 e. The van der Waals surface area contributed by atoms with Gasteiger partial charge < -0.3 is 28.8 Å². The highest BCUT2D eigenvalue weighted by atomic mass is 31.2. The third-order valence-corrected chi connectivity index (χ3v) is 9.98. The summed E-state index contributed by atoms with van der Waals surface area (Å²) < 4.78 is 23.1. The van der Waals surface area contributed by atoms with Crippen LogP contribution in [0.4, 0.5) is 0 Å². The molecule has 52 heavy (non-hydrogen) atoms. The minimum atomic E-state index is -4.59. The van der Waals surface area contributed by atoms with E-state index in [-0.39, 0.29) is 12.5 Å². The Kier molecular flexibility index (Phi) is 34.1. The largest absolute Gasteiger partial charge is 0.756 e. The van der Waals surface area contributed by atoms with Gasteiger partial charge in [-0.05, 0) is 64.2 Å². The van der Waals surface area contributed by atoms with Crippen LogP contribution in [0.15, 0.2) is 48.6 Å². The number of likely N-dealkylation sites (N-methyl/N-ethyl adjacent to an activating group) is 1. The summed E-state index contributed by atoms with van der Waals surface area (Å²) in [6, 6.07) is -0.903. The summed E-state index contributed by atoms with van der Waals surface area (Å²) in [5.41, 5.74) is 0. The molecule has 2 N–H and O–H groups in total. The molecule has 0 radical (unpaired) electrons. The van der Waals surface area contributed by atoms with Crippen molar-refractivity contribution in [1.29, 1.82) is 0 Å². The van der Waals surface area contributed by atoms with Crippen LogP contribution in [0.5, 0.6) is 0 Å². The van der Waals surface area contributed by atoms with Gasteiger partial charge in [0.25, 0.3) is 7.82 Å². The van der Waals surface area contributed by atoms with E-state index in [1.165, 1.54) is 103 Å². The molecule has 0 aliphatic heterocycles. The maximum absolute atomic E-state index is 12.8. The second-order valence-electron chi connectivity index (χ2n) is 15.3. The number of nitrogens with one attached hydrogen (secondary N) is 1. The van der Waals surface area contributed by atoms with Crippen LogP contribution >= 0.6 is 7.82 Å². The van der Waals surface area contributed by atoms with Crippen LogP contribution in [-0.2, 0) is 18.4 Å². The molecule has 304 valence electrons. The van der Waals surface area contributed by atoms with Gasteiger partial charge in [-0.1, -0.05) is 146 Å². The molecule has 8 nitrogen and oxygen atoms in total. The number of unbranched alkanes of at least 4 members (excludes halogenated alkanes) is 18. The molecule has 1 amide bonds. The predicted octanol–water partition coefficient (Wildman–Crippen LogP) is 10.7. The Labute approximate surface area is 320 Å². The molecule has 0 rings (SSSR count). The number of nitrogens with zero attached hydrogens (tertiary/aromatic N) is 1. The topological polar surface area (TPSA) is 108 Å². The lowest BCUT2D eigenvalue weighted by atomic mass is 10.1. The molecule has 3 atom stereocenters. The van der Waals surface area contributed by atoms with Crippen molar-refractivity contribution in [3.8, 4) is 0 Å². The molecular weight excluding hydrogens is 671 g/mol. The molecule has 0 bridgehead atoms. The van der Waals surface area contributed by atoms with Gasteiger partial charge in [0.05, 0.1) is 39.9 Å². The van der Waals surface area contributed by atoms with E-state index < -0.39 is 26.6 Å². The zero-order valence-electron chi connectivity index (χ0n) is 34.2. The number of hydrogen-bond donors (Lipinski definition) is 2. The monoisotopic (exact) mass is 753 g/mol. The van der Waals surface area contributed by atoms with Crippen molar-refractivity contribution >= 4 is 13.7 Å². The summed E-state index contributed by atoms with van der Waals surface area (Å²) in [5, 5.41) is 13.7. The molecule has 3 unspecified atom stereocenters. The second kappa shape index (κ2) is 35.2. The average Bonchev–Trinajstić information content (AvgIpc) is 3.09. The van der Waals surface area contributed by atoms with Gasteiger partial charge in [0.2, 0.25) is 5.91 Å². The first kappa shape index (κ1) is 50.5. The second-order valence-corrected chi connectivity index (χ2v) is 16.7. The van der Waals surface area contributed by atoms with Crippen molar-refractivity contribution in [3.63, 3.8) is 0 Å². The molecule has 0 aromatic carbocycles. The maximum atomic E-state index is 12.8. The fraction of sp³-hybridized carbons (Fsp3) is 0.791. The van der Waals surface area contributed by atoms with Gasteiger partial charge >= 0.3 is 0 Å². The summed E-state index contributed by atoms with van der Waals surface area (Å²) in [5.74, 6) is -0.216. The van der Waals surface area contributed by atoms with Crippen LogP contribution in [0.25, 0.3) is 0 Å². The highest BCUT2D eigenvalue weighted by Gasteiger charge is 2.23. The van der Waals surface area contributed by atoms with Crippen molar-refractivity contribution in [2.24, 2.45) is 0 Å². The average molecular weight is 753 g/mol. The van der Waals surface area contributed by atoms with Gasteiger partial charge in [0.15, 0.2) is 0 Å². The Morgan fingerprint density at radius 1 is 0.673 bits per heavy atom. The van der Waals surface area contributed by atoms with Crippen LogP contribution < -0.4 is 10.2 Å². The Morgan fingerprint density at radius 3 is 1.71 bits per heavy atom. The fourth-order valence-corrected chi connectivity index (χ4v) is 6.33. The smallest absolute Gasteiger partial charge is 0.268 e. The van der Waals surface area contributed by atoms with E-state index in [4.69, 9.17) is 9.05 Å². The van der Waals surface area contributed by atoms with E-state index in [0.717, 1.165) is 44.9 Å². The zero-order valence-corrected chi connectivity index (χ0v) is 35.1. The summed E-state index contributed by atoms with van der Waals surface area (Å²) in [4.78, 5) is 25.2. The zero-order chi connectivity index (χ0) is 38.6. The predicted molar refractivity (Wildman–Crippen MR) is 219 cm³/mol. The standard InChI is InChI=1S/C43H81N2O6P/c1-6-8-10-12-14-16-18-19-20-21-22-23-24-25-27-29-31-33-35-37-43(47)44-41(40-51-52(48,49)50-39-38-45(3,4)5)42(46)36-34-32-30-28-26-17-15-13-11-9-7-2/h14,16,19-20,26,28,34,36,41-42,46H,6-13,15,17-18,21-25,27,29-33,35,37-40H2,1-5H3,(H-,44,47,48,49)/b16-14-,20-19-,28-26+,36-34+. The first-order chi connectivity index (χ1) is 25.0. The van der Waals surface area contributed by atoms with E-state index in [1.54, 1.807) is 6.08 Å². The number of aliphatic hydroxyl groups is 1. The van der Waals surface area contributed by atoms with Crippen LogP contribution in [0.2, 0.25) is 0 Å². The lowest BCUT2D eigenvalue weighted by Crippen LogP contribution is -2.45. The molecule has 0 aromatic rings. The van der Waals surface area contributed by atoms with Crippen molar-refractivity contribution in [3.05, 3.63) is 48.6 Å². The third kappa shape index (κ3) is 36.8. The number of quaternary nitrogens is 1.